The molecule has 21 heavy (non-hydrogen) atoms. The van der Waals surface area contributed by atoms with E-state index in [1.165, 1.54) is 0 Å². The van der Waals surface area contributed by atoms with Crippen molar-refractivity contribution in [2.24, 2.45) is 0 Å². The van der Waals surface area contributed by atoms with E-state index in [1.54, 1.807) is 6.20 Å². The minimum atomic E-state index is 0.149. The SMILES string of the molecule is CC(C)Oc1ccc(Nc2nc(N)nc3[nH]ncc23)cc1. The number of benzene rings is 1. The van der Waals surface area contributed by atoms with Gasteiger partial charge in [-0.05, 0) is 38.1 Å². The van der Waals surface area contributed by atoms with Gasteiger partial charge in [-0.25, -0.2) is 0 Å². The molecule has 0 spiro atoms. The molecule has 0 aliphatic rings. The van der Waals surface area contributed by atoms with Crippen LogP contribution in [0.2, 0.25) is 0 Å². The van der Waals surface area contributed by atoms with E-state index < -0.39 is 0 Å². The van der Waals surface area contributed by atoms with Crippen LogP contribution in [0.4, 0.5) is 17.5 Å². The van der Waals surface area contributed by atoms with Crippen LogP contribution in [0.15, 0.2) is 30.5 Å². The largest absolute Gasteiger partial charge is 0.491 e. The van der Waals surface area contributed by atoms with Crippen molar-refractivity contribution < 1.29 is 4.74 Å². The Morgan fingerprint density at radius 1 is 1.19 bits per heavy atom. The summed E-state index contributed by atoms with van der Waals surface area (Å²) in [5.41, 5.74) is 7.17. The minimum Gasteiger partial charge on any atom is -0.491 e. The van der Waals surface area contributed by atoms with Crippen molar-refractivity contribution in [1.82, 2.24) is 20.2 Å². The van der Waals surface area contributed by atoms with Gasteiger partial charge in [0.05, 0.1) is 17.7 Å². The number of rotatable bonds is 4. The molecule has 0 fully saturated rings. The average Bonchev–Trinajstić information content (AvgIpc) is 2.88. The lowest BCUT2D eigenvalue weighted by atomic mass is 10.3. The Kier molecular flexibility index (Phi) is 3.31. The zero-order valence-corrected chi connectivity index (χ0v) is 11.8. The smallest absolute Gasteiger partial charge is 0.224 e. The molecule has 0 saturated heterocycles. The summed E-state index contributed by atoms with van der Waals surface area (Å²) >= 11 is 0. The van der Waals surface area contributed by atoms with Crippen LogP contribution in [-0.4, -0.2) is 26.3 Å². The summed E-state index contributed by atoms with van der Waals surface area (Å²) in [5, 5.41) is 10.7. The highest BCUT2D eigenvalue weighted by Crippen LogP contribution is 2.24. The number of nitrogens with two attached hydrogens (primary N) is 1. The van der Waals surface area contributed by atoms with Crippen LogP contribution in [0.25, 0.3) is 11.0 Å². The van der Waals surface area contributed by atoms with Gasteiger partial charge in [0.2, 0.25) is 5.95 Å². The quantitative estimate of drug-likeness (QED) is 0.680. The predicted octanol–water partition coefficient (Wildman–Crippen LogP) is 2.47. The number of nitrogens with zero attached hydrogens (tertiary/aromatic N) is 3. The maximum absolute atomic E-state index is 5.69. The summed E-state index contributed by atoms with van der Waals surface area (Å²) in [7, 11) is 0. The second-order valence-corrected chi connectivity index (χ2v) is 4.88. The zero-order valence-electron chi connectivity index (χ0n) is 11.8. The first-order valence-electron chi connectivity index (χ1n) is 6.62. The number of aromatic amines is 1. The van der Waals surface area contributed by atoms with Gasteiger partial charge in [0.1, 0.15) is 11.6 Å². The number of H-pyrrole nitrogens is 1. The topological polar surface area (TPSA) is 102 Å². The summed E-state index contributed by atoms with van der Waals surface area (Å²) in [6.45, 7) is 3.98. The molecule has 7 heteroatoms. The fourth-order valence-electron chi connectivity index (χ4n) is 1.97. The molecule has 3 aromatic rings. The first-order valence-corrected chi connectivity index (χ1v) is 6.62. The number of nitrogen functional groups attached to an aromatic ring is 1. The van der Waals surface area contributed by atoms with E-state index in [1.807, 2.05) is 38.1 Å². The zero-order chi connectivity index (χ0) is 14.8. The molecule has 0 amide bonds. The lowest BCUT2D eigenvalue weighted by Gasteiger charge is -2.11. The van der Waals surface area contributed by atoms with Gasteiger partial charge in [-0.3, -0.25) is 5.10 Å². The van der Waals surface area contributed by atoms with Gasteiger partial charge < -0.3 is 15.8 Å². The second kappa shape index (κ2) is 5.28. The average molecular weight is 284 g/mol. The Bertz CT molecular complexity index is 750. The van der Waals surface area contributed by atoms with Gasteiger partial charge >= 0.3 is 0 Å². The summed E-state index contributed by atoms with van der Waals surface area (Å²) < 4.78 is 5.61. The highest BCUT2D eigenvalue weighted by atomic mass is 16.5. The Balaban J connectivity index is 1.86. The monoisotopic (exact) mass is 284 g/mol. The van der Waals surface area contributed by atoms with Crippen LogP contribution in [0.3, 0.4) is 0 Å². The number of aromatic nitrogens is 4. The normalized spacial score (nSPS) is 11.0. The maximum atomic E-state index is 5.69. The molecule has 2 heterocycles. The van der Waals surface area contributed by atoms with Crippen LogP contribution in [0.1, 0.15) is 13.8 Å². The molecule has 0 aliphatic carbocycles. The van der Waals surface area contributed by atoms with E-state index in [0.29, 0.717) is 11.5 Å². The molecular formula is C14H16N6O. The lowest BCUT2D eigenvalue weighted by Crippen LogP contribution is -2.05. The Morgan fingerprint density at radius 3 is 2.67 bits per heavy atom. The highest BCUT2D eigenvalue weighted by Gasteiger charge is 2.08. The predicted molar refractivity (Wildman–Crippen MR) is 81.6 cm³/mol. The van der Waals surface area contributed by atoms with E-state index in [4.69, 9.17) is 10.5 Å². The number of hydrogen-bond donors (Lipinski definition) is 3. The summed E-state index contributed by atoms with van der Waals surface area (Å²) in [4.78, 5) is 8.28. The molecule has 108 valence electrons. The molecule has 3 rings (SSSR count). The minimum absolute atomic E-state index is 0.149. The molecule has 0 bridgehead atoms. The van der Waals surface area contributed by atoms with Crippen LogP contribution < -0.4 is 15.8 Å². The Morgan fingerprint density at radius 2 is 1.95 bits per heavy atom. The molecule has 1 aromatic carbocycles. The molecule has 0 atom stereocenters. The molecule has 0 aliphatic heterocycles. The third-order valence-corrected chi connectivity index (χ3v) is 2.82. The number of fused-ring (bicyclic) bond motifs is 1. The van der Waals surface area contributed by atoms with Crippen LogP contribution >= 0.6 is 0 Å². The molecule has 0 unspecified atom stereocenters. The van der Waals surface area contributed by atoms with Crippen molar-refractivity contribution in [2.75, 3.05) is 11.1 Å². The highest BCUT2D eigenvalue weighted by molar-refractivity contribution is 5.88. The van der Waals surface area contributed by atoms with Gasteiger partial charge in [-0.2, -0.15) is 15.1 Å². The second-order valence-electron chi connectivity index (χ2n) is 4.88. The van der Waals surface area contributed by atoms with E-state index in [9.17, 15) is 0 Å². The fourth-order valence-corrected chi connectivity index (χ4v) is 1.97. The van der Waals surface area contributed by atoms with Crippen molar-refractivity contribution in [3.63, 3.8) is 0 Å². The van der Waals surface area contributed by atoms with Crippen molar-refractivity contribution >= 4 is 28.5 Å². The first-order chi connectivity index (χ1) is 10.1. The standard InChI is InChI=1S/C14H16N6O/c1-8(2)21-10-5-3-9(4-6-10)17-12-11-7-16-20-13(11)19-14(15)18-12/h3-8H,1-2H3,(H4,15,16,17,18,19,20). The maximum Gasteiger partial charge on any atom is 0.224 e. The number of nitrogens with one attached hydrogen (secondary N) is 2. The van der Waals surface area contributed by atoms with Gasteiger partial charge in [0, 0.05) is 5.69 Å². The molecule has 0 saturated carbocycles. The molecular weight excluding hydrogens is 268 g/mol. The summed E-state index contributed by atoms with van der Waals surface area (Å²) in [6.07, 6.45) is 1.81. The van der Waals surface area contributed by atoms with Crippen molar-refractivity contribution in [3.05, 3.63) is 30.5 Å². The fraction of sp³-hybridized carbons (Fsp3) is 0.214. The molecule has 4 N–H and O–H groups in total. The van der Waals surface area contributed by atoms with Crippen molar-refractivity contribution in [2.45, 2.75) is 20.0 Å². The lowest BCUT2D eigenvalue weighted by molar-refractivity contribution is 0.242. The van der Waals surface area contributed by atoms with Gasteiger partial charge in [0.25, 0.3) is 0 Å². The van der Waals surface area contributed by atoms with E-state index in [-0.39, 0.29) is 12.1 Å². The van der Waals surface area contributed by atoms with E-state index in [2.05, 4.69) is 25.5 Å². The number of anilines is 3. The van der Waals surface area contributed by atoms with Crippen LogP contribution in [0.5, 0.6) is 5.75 Å². The van der Waals surface area contributed by atoms with Gasteiger partial charge in [0.15, 0.2) is 5.65 Å². The summed E-state index contributed by atoms with van der Waals surface area (Å²) in [6, 6.07) is 7.64. The van der Waals surface area contributed by atoms with E-state index in [0.717, 1.165) is 16.8 Å². The molecule has 2 aromatic heterocycles. The first kappa shape index (κ1) is 13.2. The van der Waals surface area contributed by atoms with Crippen molar-refractivity contribution in [3.8, 4) is 5.75 Å². The number of hydrogen-bond acceptors (Lipinski definition) is 6. The molecule has 7 nitrogen and oxygen atoms in total. The van der Waals surface area contributed by atoms with Gasteiger partial charge in [-0.1, -0.05) is 0 Å². The van der Waals surface area contributed by atoms with E-state index >= 15 is 0 Å². The van der Waals surface area contributed by atoms with Gasteiger partial charge in [-0.15, -0.1) is 0 Å². The molecule has 0 radical (unpaired) electrons. The summed E-state index contributed by atoms with van der Waals surface area (Å²) in [5.74, 6) is 1.63. The Hall–Kier alpha value is -2.83. The van der Waals surface area contributed by atoms with Crippen LogP contribution in [0, 0.1) is 0 Å². The number of ether oxygens (including phenoxy) is 1. The van der Waals surface area contributed by atoms with Crippen LogP contribution in [-0.2, 0) is 0 Å². The third-order valence-electron chi connectivity index (χ3n) is 2.82. The van der Waals surface area contributed by atoms with Crippen molar-refractivity contribution in [1.29, 1.82) is 0 Å². The third kappa shape index (κ3) is 2.86. The Labute approximate surface area is 121 Å².